The van der Waals surface area contributed by atoms with Crippen LogP contribution in [-0.2, 0) is 6.42 Å². The number of methoxy groups -OCH3 is 1. The number of hydrogen-bond donors (Lipinski definition) is 1. The average Bonchev–Trinajstić information content (AvgIpc) is 2.27. The summed E-state index contributed by atoms with van der Waals surface area (Å²) in [6, 6.07) is 6.02. The van der Waals surface area contributed by atoms with Gasteiger partial charge in [-0.15, -0.1) is 0 Å². The third-order valence-electron chi connectivity index (χ3n) is 2.20. The summed E-state index contributed by atoms with van der Waals surface area (Å²) in [5, 5.41) is 0. The molecule has 0 heterocycles. The van der Waals surface area contributed by atoms with Crippen molar-refractivity contribution in [2.24, 2.45) is 5.73 Å². The van der Waals surface area contributed by atoms with E-state index in [-0.39, 0.29) is 0 Å². The number of rotatable bonds is 6. The fourth-order valence-corrected chi connectivity index (χ4v) is 1.45. The molecule has 15 heavy (non-hydrogen) atoms. The molecule has 0 radical (unpaired) electrons. The van der Waals surface area contributed by atoms with Gasteiger partial charge in [0.05, 0.1) is 13.7 Å². The molecule has 0 saturated carbocycles. The zero-order valence-electron chi connectivity index (χ0n) is 9.45. The molecule has 3 nitrogen and oxygen atoms in total. The monoisotopic (exact) mass is 209 g/mol. The lowest BCUT2D eigenvalue weighted by molar-refractivity contribution is 0.310. The molecule has 0 aliphatic rings. The first-order valence-electron chi connectivity index (χ1n) is 5.31. The third kappa shape index (κ3) is 3.44. The molecule has 1 aromatic rings. The number of benzene rings is 1. The van der Waals surface area contributed by atoms with Crippen LogP contribution in [0, 0.1) is 0 Å². The van der Waals surface area contributed by atoms with Crippen LogP contribution in [0.15, 0.2) is 18.2 Å². The van der Waals surface area contributed by atoms with Crippen molar-refractivity contribution in [3.63, 3.8) is 0 Å². The first-order chi connectivity index (χ1) is 7.31. The molecule has 0 amide bonds. The van der Waals surface area contributed by atoms with Gasteiger partial charge in [-0.25, -0.2) is 0 Å². The molecule has 0 aliphatic heterocycles. The lowest BCUT2D eigenvalue weighted by atomic mass is 10.1. The van der Waals surface area contributed by atoms with Crippen molar-refractivity contribution >= 4 is 0 Å². The summed E-state index contributed by atoms with van der Waals surface area (Å²) in [4.78, 5) is 0. The number of aryl methyl sites for hydroxylation is 1. The highest BCUT2D eigenvalue weighted by Gasteiger charge is 2.04. The van der Waals surface area contributed by atoms with Gasteiger partial charge in [0, 0.05) is 0 Å². The zero-order chi connectivity index (χ0) is 11.1. The summed E-state index contributed by atoms with van der Waals surface area (Å²) in [5.41, 5.74) is 6.71. The Labute approximate surface area is 91.2 Å². The molecule has 0 fully saturated rings. The fraction of sp³-hybridized carbons (Fsp3) is 0.500. The summed E-state index contributed by atoms with van der Waals surface area (Å²) < 4.78 is 10.7. The first-order valence-corrected chi connectivity index (χ1v) is 5.31. The van der Waals surface area contributed by atoms with Crippen LogP contribution in [0.3, 0.4) is 0 Å². The van der Waals surface area contributed by atoms with Crippen molar-refractivity contribution in [1.29, 1.82) is 0 Å². The van der Waals surface area contributed by atoms with Crippen LogP contribution in [0.5, 0.6) is 11.5 Å². The predicted molar refractivity (Wildman–Crippen MR) is 61.5 cm³/mol. The molecule has 84 valence electrons. The highest BCUT2D eigenvalue weighted by molar-refractivity contribution is 5.42. The highest BCUT2D eigenvalue weighted by Crippen LogP contribution is 2.28. The molecular formula is C12H19NO2. The Morgan fingerprint density at radius 3 is 2.67 bits per heavy atom. The zero-order valence-corrected chi connectivity index (χ0v) is 9.45. The average molecular weight is 209 g/mol. The van der Waals surface area contributed by atoms with Crippen molar-refractivity contribution in [1.82, 2.24) is 0 Å². The van der Waals surface area contributed by atoms with Crippen molar-refractivity contribution < 1.29 is 9.47 Å². The molecule has 0 aliphatic carbocycles. The van der Waals surface area contributed by atoms with E-state index in [0.717, 1.165) is 30.9 Å². The summed E-state index contributed by atoms with van der Waals surface area (Å²) in [6.07, 6.45) is 1.98. The van der Waals surface area contributed by atoms with E-state index >= 15 is 0 Å². The van der Waals surface area contributed by atoms with E-state index in [4.69, 9.17) is 15.2 Å². The Hall–Kier alpha value is -1.22. The van der Waals surface area contributed by atoms with Gasteiger partial charge in [0.25, 0.3) is 0 Å². The van der Waals surface area contributed by atoms with Gasteiger partial charge < -0.3 is 15.2 Å². The Kier molecular flexibility index (Phi) is 4.98. The highest BCUT2D eigenvalue weighted by atomic mass is 16.5. The topological polar surface area (TPSA) is 44.5 Å². The van der Waals surface area contributed by atoms with Crippen LogP contribution in [0.4, 0.5) is 0 Å². The summed E-state index contributed by atoms with van der Waals surface area (Å²) in [5.74, 6) is 1.60. The second kappa shape index (κ2) is 6.30. The largest absolute Gasteiger partial charge is 0.493 e. The van der Waals surface area contributed by atoms with Crippen LogP contribution in [0.1, 0.15) is 18.9 Å². The first kappa shape index (κ1) is 11.9. The van der Waals surface area contributed by atoms with E-state index in [1.165, 1.54) is 5.56 Å². The van der Waals surface area contributed by atoms with Gasteiger partial charge in [0.2, 0.25) is 0 Å². The quantitative estimate of drug-likeness (QED) is 0.779. The molecule has 0 spiro atoms. The SMILES string of the molecule is CCOc1cc(CCCN)ccc1OC. The predicted octanol–water partition coefficient (Wildman–Crippen LogP) is 1.99. The van der Waals surface area contributed by atoms with Crippen molar-refractivity contribution in [2.75, 3.05) is 20.3 Å². The molecule has 1 aromatic carbocycles. The Morgan fingerprint density at radius 1 is 1.27 bits per heavy atom. The molecule has 2 N–H and O–H groups in total. The maximum absolute atomic E-state index is 5.49. The molecule has 0 bridgehead atoms. The maximum atomic E-state index is 5.49. The minimum Gasteiger partial charge on any atom is -0.493 e. The fourth-order valence-electron chi connectivity index (χ4n) is 1.45. The van der Waals surface area contributed by atoms with E-state index in [2.05, 4.69) is 6.07 Å². The minimum atomic E-state index is 0.650. The molecule has 0 atom stereocenters. The molecular weight excluding hydrogens is 190 g/mol. The molecule has 0 unspecified atom stereocenters. The normalized spacial score (nSPS) is 10.1. The van der Waals surface area contributed by atoms with Gasteiger partial charge in [-0.05, 0) is 44.0 Å². The Balaban J connectivity index is 2.79. The molecule has 1 rings (SSSR count). The van der Waals surface area contributed by atoms with E-state index < -0.39 is 0 Å². The minimum absolute atomic E-state index is 0.650. The molecule has 3 heteroatoms. The van der Waals surface area contributed by atoms with E-state index in [1.54, 1.807) is 7.11 Å². The van der Waals surface area contributed by atoms with Crippen LogP contribution in [0.2, 0.25) is 0 Å². The van der Waals surface area contributed by atoms with Gasteiger partial charge in [-0.3, -0.25) is 0 Å². The van der Waals surface area contributed by atoms with Crippen LogP contribution in [-0.4, -0.2) is 20.3 Å². The van der Waals surface area contributed by atoms with E-state index in [9.17, 15) is 0 Å². The Morgan fingerprint density at radius 2 is 2.07 bits per heavy atom. The summed E-state index contributed by atoms with van der Waals surface area (Å²) in [6.45, 7) is 3.33. The van der Waals surface area contributed by atoms with Gasteiger partial charge in [0.1, 0.15) is 0 Å². The van der Waals surface area contributed by atoms with Crippen LogP contribution >= 0.6 is 0 Å². The maximum Gasteiger partial charge on any atom is 0.161 e. The standard InChI is InChI=1S/C12H19NO2/c1-3-15-12-9-10(5-4-8-13)6-7-11(12)14-2/h6-7,9H,3-5,8,13H2,1-2H3. The van der Waals surface area contributed by atoms with Gasteiger partial charge in [-0.1, -0.05) is 6.07 Å². The lowest BCUT2D eigenvalue weighted by Gasteiger charge is -2.10. The van der Waals surface area contributed by atoms with Crippen molar-refractivity contribution in [3.8, 4) is 11.5 Å². The number of hydrogen-bond acceptors (Lipinski definition) is 3. The van der Waals surface area contributed by atoms with Crippen LogP contribution in [0.25, 0.3) is 0 Å². The van der Waals surface area contributed by atoms with E-state index in [1.807, 2.05) is 19.1 Å². The molecule has 0 aromatic heterocycles. The third-order valence-corrected chi connectivity index (χ3v) is 2.20. The van der Waals surface area contributed by atoms with Gasteiger partial charge in [-0.2, -0.15) is 0 Å². The number of nitrogens with two attached hydrogens (primary N) is 1. The van der Waals surface area contributed by atoms with Crippen molar-refractivity contribution in [2.45, 2.75) is 19.8 Å². The second-order valence-corrected chi connectivity index (χ2v) is 3.31. The van der Waals surface area contributed by atoms with Gasteiger partial charge in [0.15, 0.2) is 11.5 Å². The second-order valence-electron chi connectivity index (χ2n) is 3.31. The Bertz CT molecular complexity index is 300. The number of ether oxygens (including phenoxy) is 2. The molecule has 0 saturated heterocycles. The summed E-state index contributed by atoms with van der Waals surface area (Å²) in [7, 11) is 1.65. The smallest absolute Gasteiger partial charge is 0.161 e. The summed E-state index contributed by atoms with van der Waals surface area (Å²) >= 11 is 0. The van der Waals surface area contributed by atoms with Crippen molar-refractivity contribution in [3.05, 3.63) is 23.8 Å². The van der Waals surface area contributed by atoms with Gasteiger partial charge >= 0.3 is 0 Å². The van der Waals surface area contributed by atoms with Crippen LogP contribution < -0.4 is 15.2 Å². The van der Waals surface area contributed by atoms with E-state index in [0.29, 0.717) is 6.61 Å². The lowest BCUT2D eigenvalue weighted by Crippen LogP contribution is -2.01.